The predicted molar refractivity (Wildman–Crippen MR) is 240 cm³/mol. The quantitative estimate of drug-likeness (QED) is 0.174. The van der Waals surface area contributed by atoms with Gasteiger partial charge in [-0.15, -0.1) is 0 Å². The number of para-hydroxylation sites is 1. The summed E-state index contributed by atoms with van der Waals surface area (Å²) in [5.41, 5.74) is 12.4. The van der Waals surface area contributed by atoms with Gasteiger partial charge in [0.15, 0.2) is 5.84 Å². The Morgan fingerprint density at radius 2 is 0.930 bits per heavy atom. The molecule has 10 aromatic rings. The smallest absolute Gasteiger partial charge is 0.160 e. The van der Waals surface area contributed by atoms with Gasteiger partial charge in [0.2, 0.25) is 0 Å². The Balaban J connectivity index is 1.10. The second-order valence-corrected chi connectivity index (χ2v) is 15.0. The molecule has 9 aromatic carbocycles. The largest absolute Gasteiger partial charge is 0.455 e. The normalized spacial score (nSPS) is 13.4. The molecule has 57 heavy (non-hydrogen) atoms. The molecule has 0 spiro atoms. The van der Waals surface area contributed by atoms with Crippen molar-refractivity contribution in [2.24, 2.45) is 9.98 Å². The van der Waals surface area contributed by atoms with Gasteiger partial charge in [0.05, 0.1) is 11.4 Å². The minimum Gasteiger partial charge on any atom is -0.455 e. The molecule has 0 saturated carbocycles. The highest BCUT2D eigenvalue weighted by molar-refractivity contribution is 6.25. The van der Waals surface area contributed by atoms with Crippen LogP contribution in [0.2, 0.25) is 0 Å². The topological polar surface area (TPSA) is 37.9 Å². The second-order valence-electron chi connectivity index (χ2n) is 15.0. The second kappa shape index (κ2) is 13.4. The molecule has 1 aliphatic rings. The van der Waals surface area contributed by atoms with E-state index in [-0.39, 0.29) is 0 Å². The van der Waals surface area contributed by atoms with Crippen molar-refractivity contribution in [3.05, 3.63) is 210 Å². The fourth-order valence-electron chi connectivity index (χ4n) is 8.49. The SMILES string of the molecule is CC1=C(c2ccc3ccccc3c2)N=C(c2ccc(-c3ccc4ccccc4c3)c3oc4ccccc4c23)N=C(c2ccc(-c3ccc4ccccc4c3)cc2)C1. The first-order valence-corrected chi connectivity index (χ1v) is 19.5. The van der Waals surface area contributed by atoms with Crippen molar-refractivity contribution in [2.75, 3.05) is 0 Å². The number of hydrogen-bond donors (Lipinski definition) is 0. The third-order valence-corrected chi connectivity index (χ3v) is 11.4. The maximum Gasteiger partial charge on any atom is 0.160 e. The lowest BCUT2D eigenvalue weighted by molar-refractivity contribution is 0.670. The van der Waals surface area contributed by atoms with Crippen LogP contribution in [0, 0.1) is 0 Å². The molecule has 0 N–H and O–H groups in total. The third kappa shape index (κ3) is 5.84. The molecule has 0 radical (unpaired) electrons. The summed E-state index contributed by atoms with van der Waals surface area (Å²) in [7, 11) is 0. The van der Waals surface area contributed by atoms with Crippen LogP contribution in [0.25, 0.3) is 82.2 Å². The van der Waals surface area contributed by atoms with E-state index in [9.17, 15) is 0 Å². The van der Waals surface area contributed by atoms with E-state index in [2.05, 4.69) is 189 Å². The van der Waals surface area contributed by atoms with Crippen molar-refractivity contribution in [1.29, 1.82) is 0 Å². The first-order chi connectivity index (χ1) is 28.1. The molecule has 3 nitrogen and oxygen atoms in total. The van der Waals surface area contributed by atoms with Gasteiger partial charge in [-0.2, -0.15) is 0 Å². The van der Waals surface area contributed by atoms with Crippen molar-refractivity contribution < 1.29 is 4.42 Å². The average molecular weight is 729 g/mol. The fourth-order valence-corrected chi connectivity index (χ4v) is 8.49. The zero-order valence-electron chi connectivity index (χ0n) is 31.4. The number of amidine groups is 1. The maximum atomic E-state index is 6.77. The molecule has 0 saturated heterocycles. The Morgan fingerprint density at radius 1 is 0.421 bits per heavy atom. The van der Waals surface area contributed by atoms with Crippen molar-refractivity contribution in [1.82, 2.24) is 0 Å². The molecule has 0 aliphatic carbocycles. The summed E-state index contributed by atoms with van der Waals surface area (Å²) in [5.74, 6) is 0.672. The Kier molecular flexibility index (Phi) is 7.78. The van der Waals surface area contributed by atoms with Crippen LogP contribution in [-0.2, 0) is 0 Å². The van der Waals surface area contributed by atoms with E-state index in [1.165, 1.54) is 49.0 Å². The zero-order chi connectivity index (χ0) is 37.9. The molecule has 268 valence electrons. The van der Waals surface area contributed by atoms with Gasteiger partial charge in [-0.25, -0.2) is 9.98 Å². The van der Waals surface area contributed by atoms with E-state index in [0.717, 1.165) is 61.2 Å². The van der Waals surface area contributed by atoms with Crippen LogP contribution in [0.15, 0.2) is 208 Å². The first kappa shape index (κ1) is 33.0. The molecule has 0 unspecified atom stereocenters. The number of furan rings is 1. The van der Waals surface area contributed by atoms with E-state index in [4.69, 9.17) is 14.4 Å². The molecule has 2 heterocycles. The predicted octanol–water partition coefficient (Wildman–Crippen LogP) is 14.5. The van der Waals surface area contributed by atoms with Gasteiger partial charge >= 0.3 is 0 Å². The standard InChI is InChI=1S/C54H36N2O/c1-34-30-49(39-23-18-38(19-24-39)43-25-20-35-10-2-5-13-40(35)31-43)55-54(56-52(34)45-27-22-37-12-4-7-15-42(37)33-45)48-29-28-46(44-26-21-36-11-3-6-14-41(36)32-44)53-51(48)47-16-8-9-17-50(47)57-53/h2-29,31-33H,30H2,1H3. The van der Waals surface area contributed by atoms with Crippen molar-refractivity contribution in [3.8, 4) is 22.3 Å². The van der Waals surface area contributed by atoms with Gasteiger partial charge in [0, 0.05) is 33.9 Å². The van der Waals surface area contributed by atoms with Gasteiger partial charge in [0.25, 0.3) is 0 Å². The maximum absolute atomic E-state index is 6.77. The number of aliphatic imine (C=N–C) groups is 2. The molecule has 11 rings (SSSR count). The van der Waals surface area contributed by atoms with Crippen LogP contribution in [0.5, 0.6) is 0 Å². The van der Waals surface area contributed by atoms with Crippen molar-refractivity contribution in [2.45, 2.75) is 13.3 Å². The van der Waals surface area contributed by atoms with Gasteiger partial charge < -0.3 is 4.42 Å². The van der Waals surface area contributed by atoms with Gasteiger partial charge in [-0.05, 0) is 103 Å². The van der Waals surface area contributed by atoms with Crippen molar-refractivity contribution >= 4 is 71.5 Å². The summed E-state index contributed by atoms with van der Waals surface area (Å²) in [6.07, 6.45) is 0.662. The zero-order valence-corrected chi connectivity index (χ0v) is 31.4. The highest BCUT2D eigenvalue weighted by atomic mass is 16.3. The van der Waals surface area contributed by atoms with Crippen LogP contribution in [0.4, 0.5) is 0 Å². The number of nitrogens with zero attached hydrogens (tertiary/aromatic N) is 2. The number of allylic oxidation sites excluding steroid dienone is 1. The van der Waals surface area contributed by atoms with E-state index < -0.39 is 0 Å². The summed E-state index contributed by atoms with van der Waals surface area (Å²) in [6, 6.07) is 67.0. The number of rotatable bonds is 5. The third-order valence-electron chi connectivity index (χ3n) is 11.4. The summed E-state index contributed by atoms with van der Waals surface area (Å²) in [6.45, 7) is 2.20. The van der Waals surface area contributed by atoms with Crippen LogP contribution in [0.3, 0.4) is 0 Å². The molecular formula is C54H36N2O. The highest BCUT2D eigenvalue weighted by Gasteiger charge is 2.23. The van der Waals surface area contributed by atoms with Crippen molar-refractivity contribution in [3.63, 3.8) is 0 Å². The van der Waals surface area contributed by atoms with E-state index in [0.29, 0.717) is 12.3 Å². The highest BCUT2D eigenvalue weighted by Crippen LogP contribution is 2.40. The molecule has 0 fully saturated rings. The summed E-state index contributed by atoms with van der Waals surface area (Å²) >= 11 is 0. The molecule has 0 bridgehead atoms. The summed E-state index contributed by atoms with van der Waals surface area (Å²) in [5, 5.41) is 9.33. The summed E-state index contributed by atoms with van der Waals surface area (Å²) < 4.78 is 6.77. The monoisotopic (exact) mass is 728 g/mol. The van der Waals surface area contributed by atoms with Crippen LogP contribution < -0.4 is 0 Å². The van der Waals surface area contributed by atoms with Gasteiger partial charge in [-0.3, -0.25) is 0 Å². The molecule has 0 atom stereocenters. The van der Waals surface area contributed by atoms with Gasteiger partial charge in [-0.1, -0.05) is 152 Å². The summed E-state index contributed by atoms with van der Waals surface area (Å²) in [4.78, 5) is 11.0. The molecule has 1 aliphatic heterocycles. The minimum atomic E-state index is 0.662. The Labute approximate surface area is 330 Å². The van der Waals surface area contributed by atoms with E-state index >= 15 is 0 Å². The Bertz CT molecular complexity index is 3320. The molecule has 1 aromatic heterocycles. The minimum absolute atomic E-state index is 0.662. The molecule has 3 heteroatoms. The lowest BCUT2D eigenvalue weighted by Gasteiger charge is -2.11. The fraction of sp³-hybridized carbons (Fsp3) is 0.0370. The number of fused-ring (bicyclic) bond motifs is 6. The van der Waals surface area contributed by atoms with Crippen LogP contribution in [0.1, 0.15) is 30.0 Å². The first-order valence-electron chi connectivity index (χ1n) is 19.5. The Hall–Kier alpha value is -7.36. The lowest BCUT2D eigenvalue weighted by Crippen LogP contribution is -2.06. The lowest BCUT2D eigenvalue weighted by atomic mass is 9.96. The molecular weight excluding hydrogens is 693 g/mol. The van der Waals surface area contributed by atoms with Gasteiger partial charge in [0.1, 0.15) is 11.2 Å². The Morgan fingerprint density at radius 3 is 1.61 bits per heavy atom. The molecule has 0 amide bonds. The van der Waals surface area contributed by atoms with Crippen LogP contribution in [-0.4, -0.2) is 11.5 Å². The van der Waals surface area contributed by atoms with E-state index in [1.807, 2.05) is 6.07 Å². The number of benzene rings is 9. The average Bonchev–Trinajstić information content (AvgIpc) is 3.57. The van der Waals surface area contributed by atoms with Crippen LogP contribution >= 0.6 is 0 Å². The van der Waals surface area contributed by atoms with E-state index in [1.54, 1.807) is 0 Å². The number of hydrogen-bond acceptors (Lipinski definition) is 3.